The van der Waals surface area contributed by atoms with Gasteiger partial charge in [-0.25, -0.2) is 0 Å². The molecule has 0 aliphatic carbocycles. The average Bonchev–Trinajstić information content (AvgIpc) is 2.59. The molecule has 0 heterocycles. The van der Waals surface area contributed by atoms with E-state index in [9.17, 15) is 4.79 Å². The number of aryl methyl sites for hydroxylation is 1. The lowest BCUT2D eigenvalue weighted by Crippen LogP contribution is -2.36. The van der Waals surface area contributed by atoms with Crippen LogP contribution in [0.2, 0.25) is 0 Å². The summed E-state index contributed by atoms with van der Waals surface area (Å²) in [5.41, 5.74) is 1.09. The van der Waals surface area contributed by atoms with Crippen molar-refractivity contribution >= 4 is 5.91 Å². The molecule has 1 unspecified atom stereocenters. The van der Waals surface area contributed by atoms with Crippen LogP contribution in [0.1, 0.15) is 25.3 Å². The lowest BCUT2D eigenvalue weighted by Gasteiger charge is -2.16. The maximum Gasteiger partial charge on any atom is 0.220 e. The molecule has 0 saturated heterocycles. The predicted octanol–water partition coefficient (Wildman–Crippen LogP) is 3.74. The zero-order valence-electron chi connectivity index (χ0n) is 14.3. The van der Waals surface area contributed by atoms with Crippen LogP contribution in [0.4, 0.5) is 0 Å². The number of para-hydroxylation sites is 2. The molecular formula is C20H25NO3. The maximum absolute atomic E-state index is 11.9. The molecule has 0 aliphatic rings. The van der Waals surface area contributed by atoms with Crippen LogP contribution in [0.15, 0.2) is 54.6 Å². The molecule has 2 aromatic carbocycles. The highest BCUT2D eigenvalue weighted by Crippen LogP contribution is 2.16. The van der Waals surface area contributed by atoms with Gasteiger partial charge in [0.2, 0.25) is 5.91 Å². The number of hydrogen-bond donors (Lipinski definition) is 1. The van der Waals surface area contributed by atoms with Crippen molar-refractivity contribution in [2.75, 3.05) is 13.2 Å². The zero-order valence-corrected chi connectivity index (χ0v) is 14.3. The molecule has 128 valence electrons. The summed E-state index contributed by atoms with van der Waals surface area (Å²) in [5.74, 6) is 1.71. The lowest BCUT2D eigenvalue weighted by molar-refractivity contribution is -0.122. The van der Waals surface area contributed by atoms with Crippen molar-refractivity contribution in [3.05, 3.63) is 60.2 Å². The van der Waals surface area contributed by atoms with Crippen LogP contribution in [-0.2, 0) is 4.79 Å². The molecule has 2 aromatic rings. The minimum absolute atomic E-state index is 0.0209. The fourth-order valence-corrected chi connectivity index (χ4v) is 2.26. The van der Waals surface area contributed by atoms with Crippen LogP contribution in [0, 0.1) is 6.92 Å². The molecule has 0 aromatic heterocycles. The first-order valence-electron chi connectivity index (χ1n) is 8.31. The van der Waals surface area contributed by atoms with Gasteiger partial charge in [-0.2, -0.15) is 0 Å². The van der Waals surface area contributed by atoms with Crippen LogP contribution < -0.4 is 14.8 Å². The average molecular weight is 327 g/mol. The third kappa shape index (κ3) is 6.32. The highest BCUT2D eigenvalue weighted by atomic mass is 16.5. The van der Waals surface area contributed by atoms with Gasteiger partial charge in [-0.3, -0.25) is 4.79 Å². The summed E-state index contributed by atoms with van der Waals surface area (Å²) >= 11 is 0. The van der Waals surface area contributed by atoms with E-state index in [0.717, 1.165) is 17.1 Å². The molecule has 1 amide bonds. The van der Waals surface area contributed by atoms with E-state index >= 15 is 0 Å². The van der Waals surface area contributed by atoms with Gasteiger partial charge in [0.1, 0.15) is 18.1 Å². The van der Waals surface area contributed by atoms with Crippen LogP contribution in [0.5, 0.6) is 11.5 Å². The number of carbonyl (C=O) groups excluding carboxylic acids is 1. The maximum atomic E-state index is 11.9. The Labute approximate surface area is 143 Å². The number of benzene rings is 2. The van der Waals surface area contributed by atoms with Gasteiger partial charge < -0.3 is 14.8 Å². The number of ether oxygens (including phenoxy) is 2. The topological polar surface area (TPSA) is 47.6 Å². The second-order valence-corrected chi connectivity index (χ2v) is 5.81. The molecule has 0 bridgehead atoms. The SMILES string of the molecule is Cc1ccccc1OCC(C)NC(=O)CCCOc1ccccc1. The zero-order chi connectivity index (χ0) is 17.2. The predicted molar refractivity (Wildman–Crippen MR) is 95.4 cm³/mol. The fraction of sp³-hybridized carbons (Fsp3) is 0.350. The van der Waals surface area contributed by atoms with E-state index in [-0.39, 0.29) is 11.9 Å². The van der Waals surface area contributed by atoms with E-state index in [2.05, 4.69) is 5.32 Å². The second kappa shape index (κ2) is 9.60. The summed E-state index contributed by atoms with van der Waals surface area (Å²) in [6, 6.07) is 17.4. The Morgan fingerprint density at radius 1 is 1.04 bits per heavy atom. The Bertz CT molecular complexity index is 628. The molecule has 4 nitrogen and oxygen atoms in total. The molecule has 4 heteroatoms. The van der Waals surface area contributed by atoms with E-state index in [4.69, 9.17) is 9.47 Å². The van der Waals surface area contributed by atoms with Gasteiger partial charge in [-0.15, -0.1) is 0 Å². The van der Waals surface area contributed by atoms with Crippen molar-refractivity contribution < 1.29 is 14.3 Å². The summed E-state index contributed by atoms with van der Waals surface area (Å²) in [6.07, 6.45) is 1.13. The highest BCUT2D eigenvalue weighted by Gasteiger charge is 2.09. The third-order valence-electron chi connectivity index (χ3n) is 3.55. The monoisotopic (exact) mass is 327 g/mol. The van der Waals surface area contributed by atoms with Gasteiger partial charge in [0.15, 0.2) is 0 Å². The second-order valence-electron chi connectivity index (χ2n) is 5.81. The van der Waals surface area contributed by atoms with Crippen LogP contribution in [0.3, 0.4) is 0 Å². The first kappa shape index (κ1) is 17.9. The van der Waals surface area contributed by atoms with Gasteiger partial charge in [-0.05, 0) is 44.0 Å². The van der Waals surface area contributed by atoms with E-state index in [0.29, 0.717) is 26.1 Å². The van der Waals surface area contributed by atoms with E-state index in [1.165, 1.54) is 0 Å². The van der Waals surface area contributed by atoms with Gasteiger partial charge in [0.25, 0.3) is 0 Å². The highest BCUT2D eigenvalue weighted by molar-refractivity contribution is 5.76. The Kier molecular flexibility index (Phi) is 7.15. The summed E-state index contributed by atoms with van der Waals surface area (Å²) in [4.78, 5) is 11.9. The normalized spacial score (nSPS) is 11.6. The Morgan fingerprint density at radius 2 is 1.75 bits per heavy atom. The molecular weight excluding hydrogens is 302 g/mol. The first-order valence-corrected chi connectivity index (χ1v) is 8.31. The van der Waals surface area contributed by atoms with Crippen molar-refractivity contribution in [3.8, 4) is 11.5 Å². The smallest absolute Gasteiger partial charge is 0.220 e. The summed E-state index contributed by atoms with van der Waals surface area (Å²) in [7, 11) is 0. The molecule has 0 saturated carbocycles. The van der Waals surface area contributed by atoms with Crippen LogP contribution in [0.25, 0.3) is 0 Å². The lowest BCUT2D eigenvalue weighted by atomic mass is 10.2. The largest absolute Gasteiger partial charge is 0.494 e. The van der Waals surface area contributed by atoms with Gasteiger partial charge >= 0.3 is 0 Å². The third-order valence-corrected chi connectivity index (χ3v) is 3.55. The van der Waals surface area contributed by atoms with Crippen LogP contribution in [-0.4, -0.2) is 25.2 Å². The van der Waals surface area contributed by atoms with Crippen LogP contribution >= 0.6 is 0 Å². The molecule has 0 spiro atoms. The number of amides is 1. The molecule has 0 fully saturated rings. The number of rotatable bonds is 9. The van der Waals surface area contributed by atoms with Gasteiger partial charge in [0, 0.05) is 6.42 Å². The Balaban J connectivity index is 1.60. The quantitative estimate of drug-likeness (QED) is 0.714. The van der Waals surface area contributed by atoms with Crippen molar-refractivity contribution in [2.45, 2.75) is 32.7 Å². The molecule has 0 radical (unpaired) electrons. The number of nitrogens with one attached hydrogen (secondary N) is 1. The molecule has 2 rings (SSSR count). The number of carbonyl (C=O) groups is 1. The van der Waals surface area contributed by atoms with E-state index in [1.54, 1.807) is 0 Å². The summed E-state index contributed by atoms with van der Waals surface area (Å²) in [5, 5.41) is 2.95. The minimum atomic E-state index is -0.0350. The molecule has 24 heavy (non-hydrogen) atoms. The van der Waals surface area contributed by atoms with Gasteiger partial charge in [0.05, 0.1) is 12.6 Å². The fourth-order valence-electron chi connectivity index (χ4n) is 2.26. The summed E-state index contributed by atoms with van der Waals surface area (Å²) < 4.78 is 11.3. The van der Waals surface area contributed by atoms with Crippen molar-refractivity contribution in [1.29, 1.82) is 0 Å². The molecule has 1 atom stereocenters. The van der Waals surface area contributed by atoms with Gasteiger partial charge in [-0.1, -0.05) is 36.4 Å². The van der Waals surface area contributed by atoms with Crippen molar-refractivity contribution in [3.63, 3.8) is 0 Å². The minimum Gasteiger partial charge on any atom is -0.494 e. The first-order chi connectivity index (χ1) is 11.6. The van der Waals surface area contributed by atoms with Crippen molar-refractivity contribution in [2.24, 2.45) is 0 Å². The van der Waals surface area contributed by atoms with E-state index in [1.807, 2.05) is 68.4 Å². The molecule has 0 aliphatic heterocycles. The Morgan fingerprint density at radius 3 is 2.50 bits per heavy atom. The van der Waals surface area contributed by atoms with Crippen molar-refractivity contribution in [1.82, 2.24) is 5.32 Å². The summed E-state index contributed by atoms with van der Waals surface area (Å²) in [6.45, 7) is 4.94. The van der Waals surface area contributed by atoms with E-state index < -0.39 is 0 Å². The molecule has 1 N–H and O–H groups in total. The Hall–Kier alpha value is -2.49. The standard InChI is InChI=1S/C20H25NO3/c1-16-9-6-7-12-19(16)24-15-17(2)21-20(22)13-8-14-23-18-10-4-3-5-11-18/h3-7,9-12,17H,8,13-15H2,1-2H3,(H,21,22). The number of hydrogen-bond acceptors (Lipinski definition) is 3.